The monoisotopic (exact) mass is 214 g/mol. The van der Waals surface area contributed by atoms with Gasteiger partial charge >= 0.3 is 0 Å². The van der Waals surface area contributed by atoms with Crippen LogP contribution in [0.2, 0.25) is 0 Å². The first kappa shape index (κ1) is 8.92. The van der Waals surface area contributed by atoms with Crippen molar-refractivity contribution in [1.82, 2.24) is 0 Å². The van der Waals surface area contributed by atoms with Crippen LogP contribution in [0.1, 0.15) is 0 Å². The van der Waals surface area contributed by atoms with Crippen molar-refractivity contribution in [2.45, 2.75) is 0 Å². The Labute approximate surface area is 91.8 Å². The zero-order valence-electron chi connectivity index (χ0n) is 8.25. The van der Waals surface area contributed by atoms with E-state index in [9.17, 15) is 4.39 Å². The van der Waals surface area contributed by atoms with Gasteiger partial charge in [-0.1, -0.05) is 35.8 Å². The number of rotatable bonds is 0. The van der Waals surface area contributed by atoms with Gasteiger partial charge in [-0.2, -0.15) is 0 Å². The van der Waals surface area contributed by atoms with E-state index in [4.69, 9.17) is 0 Å². The van der Waals surface area contributed by atoms with Crippen LogP contribution in [-0.4, -0.2) is 7.85 Å². The van der Waals surface area contributed by atoms with E-state index in [1.54, 1.807) is 6.07 Å². The van der Waals surface area contributed by atoms with Gasteiger partial charge in [0.15, 0.2) is 0 Å². The number of fused-ring (bicyclic) bond motifs is 3. The molecule has 72 valence electrons. The molecule has 1 aromatic heterocycles. The van der Waals surface area contributed by atoms with Crippen molar-refractivity contribution in [3.05, 3.63) is 42.2 Å². The Morgan fingerprint density at radius 2 is 1.93 bits per heavy atom. The third-order valence-electron chi connectivity index (χ3n) is 2.61. The van der Waals surface area contributed by atoms with Gasteiger partial charge in [-0.3, -0.25) is 0 Å². The molecule has 0 atom stereocenters. The zero-order chi connectivity index (χ0) is 10.4. The van der Waals surface area contributed by atoms with Gasteiger partial charge in [0, 0.05) is 15.5 Å². The second-order valence-electron chi connectivity index (χ2n) is 3.72. The van der Waals surface area contributed by atoms with Gasteiger partial charge in [0.2, 0.25) is 0 Å². The van der Waals surface area contributed by atoms with E-state index >= 15 is 0 Å². The molecule has 3 heteroatoms. The normalized spacial score (nSPS) is 11.3. The zero-order valence-corrected chi connectivity index (χ0v) is 9.07. The van der Waals surface area contributed by atoms with Crippen molar-refractivity contribution < 1.29 is 4.39 Å². The van der Waals surface area contributed by atoms with Crippen molar-refractivity contribution in [3.63, 3.8) is 0 Å². The van der Waals surface area contributed by atoms with Crippen molar-refractivity contribution in [3.8, 4) is 0 Å². The van der Waals surface area contributed by atoms with Gasteiger partial charge in [-0.05, 0) is 6.07 Å². The van der Waals surface area contributed by atoms with E-state index in [1.165, 1.54) is 22.9 Å². The molecule has 0 radical (unpaired) electrons. The highest BCUT2D eigenvalue weighted by atomic mass is 32.1. The first-order valence-corrected chi connectivity index (χ1v) is 5.65. The third-order valence-corrected chi connectivity index (χ3v) is 3.78. The van der Waals surface area contributed by atoms with E-state index in [-0.39, 0.29) is 5.82 Å². The smallest absolute Gasteiger partial charge is 0.141 e. The Morgan fingerprint density at radius 1 is 1.07 bits per heavy atom. The highest BCUT2D eigenvalue weighted by Crippen LogP contribution is 2.34. The van der Waals surface area contributed by atoms with Crippen LogP contribution in [-0.2, 0) is 0 Å². The van der Waals surface area contributed by atoms with Crippen LogP contribution in [0, 0.1) is 5.82 Å². The highest BCUT2D eigenvalue weighted by molar-refractivity contribution is 7.25. The van der Waals surface area contributed by atoms with Gasteiger partial charge in [-0.25, -0.2) is 4.39 Å². The lowest BCUT2D eigenvalue weighted by molar-refractivity contribution is 0.642. The Hall–Kier alpha value is -1.35. The number of benzene rings is 2. The third kappa shape index (κ3) is 1.27. The number of hydrogen-bond acceptors (Lipinski definition) is 1. The predicted molar refractivity (Wildman–Crippen MR) is 67.5 cm³/mol. The molecule has 0 aliphatic rings. The Kier molecular flexibility index (Phi) is 1.83. The molecule has 2 aromatic carbocycles. The van der Waals surface area contributed by atoms with Crippen molar-refractivity contribution in [2.75, 3.05) is 0 Å². The summed E-state index contributed by atoms with van der Waals surface area (Å²) in [5.74, 6) is -0.119. The number of hydrogen-bond donors (Lipinski definition) is 0. The van der Waals surface area contributed by atoms with E-state index < -0.39 is 0 Å². The molecule has 3 rings (SSSR count). The fourth-order valence-corrected chi connectivity index (χ4v) is 3.08. The number of thiophene rings is 1. The molecule has 0 spiro atoms. The van der Waals surface area contributed by atoms with Gasteiger partial charge in [0.1, 0.15) is 13.7 Å². The molecule has 15 heavy (non-hydrogen) atoms. The molecule has 1 heterocycles. The van der Waals surface area contributed by atoms with Crippen LogP contribution in [0.4, 0.5) is 4.39 Å². The van der Waals surface area contributed by atoms with Crippen LogP contribution in [0.15, 0.2) is 36.4 Å². The van der Waals surface area contributed by atoms with Crippen LogP contribution in [0.25, 0.3) is 20.2 Å². The van der Waals surface area contributed by atoms with E-state index in [0.717, 1.165) is 20.2 Å². The standard InChI is InChI=1S/C12H8BFS/c13-7-4-5-8-9-2-1-3-10(14)12(9)15-11(8)6-7/h1-6H,13H2. The molecule has 0 fully saturated rings. The van der Waals surface area contributed by atoms with Crippen molar-refractivity contribution in [2.24, 2.45) is 0 Å². The summed E-state index contributed by atoms with van der Waals surface area (Å²) in [6.07, 6.45) is 0. The molecule has 0 saturated carbocycles. The van der Waals surface area contributed by atoms with Gasteiger partial charge < -0.3 is 0 Å². The molecule has 0 nitrogen and oxygen atoms in total. The van der Waals surface area contributed by atoms with Crippen LogP contribution >= 0.6 is 11.3 Å². The summed E-state index contributed by atoms with van der Waals surface area (Å²) in [6.45, 7) is 0. The van der Waals surface area contributed by atoms with Crippen LogP contribution < -0.4 is 5.46 Å². The summed E-state index contributed by atoms with van der Waals surface area (Å²) >= 11 is 1.53. The molecular formula is C12H8BFS. The van der Waals surface area contributed by atoms with E-state index in [1.807, 2.05) is 6.07 Å². The first-order chi connectivity index (χ1) is 7.25. The van der Waals surface area contributed by atoms with E-state index in [2.05, 4.69) is 26.0 Å². The van der Waals surface area contributed by atoms with Gasteiger partial charge in [0.05, 0.1) is 4.70 Å². The maximum Gasteiger partial charge on any atom is 0.141 e. The lowest BCUT2D eigenvalue weighted by atomic mass is 9.95. The molecule has 0 bridgehead atoms. The molecular weight excluding hydrogens is 206 g/mol. The fourth-order valence-electron chi connectivity index (χ4n) is 1.87. The average molecular weight is 214 g/mol. The second-order valence-corrected chi connectivity index (χ2v) is 4.77. The summed E-state index contributed by atoms with van der Waals surface area (Å²) in [5, 5.41) is 2.18. The van der Waals surface area contributed by atoms with Crippen LogP contribution in [0.5, 0.6) is 0 Å². The first-order valence-electron chi connectivity index (χ1n) is 4.83. The van der Waals surface area contributed by atoms with Crippen molar-refractivity contribution >= 4 is 44.8 Å². The molecule has 0 aliphatic carbocycles. The number of halogens is 1. The maximum absolute atomic E-state index is 13.5. The van der Waals surface area contributed by atoms with Crippen LogP contribution in [0.3, 0.4) is 0 Å². The summed E-state index contributed by atoms with van der Waals surface area (Å²) in [5.41, 5.74) is 1.22. The molecule has 0 unspecified atom stereocenters. The minimum absolute atomic E-state index is 0.119. The van der Waals surface area contributed by atoms with Crippen molar-refractivity contribution in [1.29, 1.82) is 0 Å². The lowest BCUT2D eigenvalue weighted by Gasteiger charge is -1.93. The lowest BCUT2D eigenvalue weighted by Crippen LogP contribution is -1.98. The molecule has 0 aliphatic heterocycles. The Bertz CT molecular complexity index is 657. The van der Waals surface area contributed by atoms with Gasteiger partial charge in [-0.15, -0.1) is 11.3 Å². The Balaban J connectivity index is 2.57. The summed E-state index contributed by atoms with van der Waals surface area (Å²) in [4.78, 5) is 0. The average Bonchev–Trinajstić information content (AvgIpc) is 2.57. The largest absolute Gasteiger partial charge is 0.205 e. The molecule has 0 amide bonds. The van der Waals surface area contributed by atoms with E-state index in [0.29, 0.717) is 0 Å². The fraction of sp³-hybridized carbons (Fsp3) is 0. The second kappa shape index (κ2) is 3.07. The molecule has 3 aromatic rings. The Morgan fingerprint density at radius 3 is 2.80 bits per heavy atom. The highest BCUT2D eigenvalue weighted by Gasteiger charge is 2.07. The minimum Gasteiger partial charge on any atom is -0.205 e. The van der Waals surface area contributed by atoms with Gasteiger partial charge in [0.25, 0.3) is 0 Å². The predicted octanol–water partition coefficient (Wildman–Crippen LogP) is 2.45. The SMILES string of the molecule is Bc1ccc2c(c1)sc1c(F)cccc12. The molecule has 0 N–H and O–H groups in total. The molecule has 0 saturated heterocycles. The summed E-state index contributed by atoms with van der Waals surface area (Å²) in [6, 6.07) is 11.5. The quantitative estimate of drug-likeness (QED) is 0.504. The summed E-state index contributed by atoms with van der Waals surface area (Å²) < 4.78 is 15.5. The summed E-state index contributed by atoms with van der Waals surface area (Å²) in [7, 11) is 2.06. The maximum atomic E-state index is 13.5. The topological polar surface area (TPSA) is 0 Å². The minimum atomic E-state index is -0.119.